The first-order chi connectivity index (χ1) is 27.2. The Bertz CT molecular complexity index is 1550. The molecule has 22 heteroatoms. The van der Waals surface area contributed by atoms with Gasteiger partial charge in [-0.15, -0.1) is 0 Å². The normalized spacial score (nSPS) is 19.0. The topological polar surface area (TPSA) is 324 Å². The van der Waals surface area contributed by atoms with Crippen molar-refractivity contribution in [2.75, 3.05) is 31.6 Å². The van der Waals surface area contributed by atoms with E-state index >= 15 is 0 Å². The van der Waals surface area contributed by atoms with E-state index in [0.29, 0.717) is 18.6 Å². The standard InChI is InChI=1S/C36H58N8O13S/c1-18(2)14-23(36(57)44-12-6-8-24(44)32(53)40-22(16-27(47)48)31(52)38-17-28(49)50)41-34(55)29(19(3)4)42-33(54)25-9-7-11-43(25)35(56)21(10-13-58-5)39-30(51)20(37)15-26(45)46/h18-25,29H,6-17,37H2,1-5H3,(H,38,52)(H,39,51)(H,40,53)(H,41,55)(H,42,54)(H,45,46)(H,47,48)(H,49,50)/t20-,21-,22-,23-,24-,25-,29-/m0/s1. The van der Waals surface area contributed by atoms with Crippen molar-refractivity contribution in [2.24, 2.45) is 17.6 Å². The van der Waals surface area contributed by atoms with Crippen LogP contribution in [0.5, 0.6) is 0 Å². The predicted octanol–water partition coefficient (Wildman–Crippen LogP) is -2.16. The van der Waals surface area contributed by atoms with E-state index in [0.717, 1.165) is 0 Å². The summed E-state index contributed by atoms with van der Waals surface area (Å²) >= 11 is 1.42. The molecule has 2 saturated heterocycles. The van der Waals surface area contributed by atoms with Gasteiger partial charge in [0.05, 0.1) is 18.9 Å². The summed E-state index contributed by atoms with van der Waals surface area (Å²) in [6, 6.07) is -8.59. The van der Waals surface area contributed by atoms with Crippen LogP contribution < -0.4 is 32.3 Å². The van der Waals surface area contributed by atoms with Crippen molar-refractivity contribution in [1.82, 2.24) is 36.4 Å². The van der Waals surface area contributed by atoms with Crippen LogP contribution in [-0.4, -0.2) is 158 Å². The van der Waals surface area contributed by atoms with E-state index in [4.69, 9.17) is 15.9 Å². The van der Waals surface area contributed by atoms with Gasteiger partial charge >= 0.3 is 17.9 Å². The van der Waals surface area contributed by atoms with Crippen molar-refractivity contribution >= 4 is 71.0 Å². The Morgan fingerprint density at radius 1 is 0.672 bits per heavy atom. The van der Waals surface area contributed by atoms with Crippen molar-refractivity contribution < 1.29 is 63.3 Å². The molecule has 0 unspecified atom stereocenters. The van der Waals surface area contributed by atoms with Crippen molar-refractivity contribution in [3.05, 3.63) is 0 Å². The molecule has 0 aromatic rings. The molecule has 2 fully saturated rings. The summed E-state index contributed by atoms with van der Waals surface area (Å²) in [6.45, 7) is 6.46. The van der Waals surface area contributed by atoms with E-state index in [2.05, 4.69) is 21.3 Å². The second-order valence-electron chi connectivity index (χ2n) is 15.1. The largest absolute Gasteiger partial charge is 0.481 e. The monoisotopic (exact) mass is 842 g/mol. The summed E-state index contributed by atoms with van der Waals surface area (Å²) in [6.07, 6.45) is 1.87. The minimum Gasteiger partial charge on any atom is -0.481 e. The molecule has 0 saturated carbocycles. The predicted molar refractivity (Wildman–Crippen MR) is 208 cm³/mol. The Kier molecular flexibility index (Phi) is 19.9. The third kappa shape index (κ3) is 15.1. The molecule has 2 aliphatic heterocycles. The molecular weight excluding hydrogens is 785 g/mol. The SMILES string of the molecule is CSCC[C@H](NC(=O)[C@@H](N)CC(=O)O)C(=O)N1CCC[C@H]1C(=O)N[C@H](C(=O)N[C@@H](CC(C)C)C(=O)N1CCC[C@H]1C(=O)N[C@@H](CC(=O)O)C(=O)NCC(=O)O)C(C)C. The summed E-state index contributed by atoms with van der Waals surface area (Å²) in [5.41, 5.74) is 5.72. The van der Waals surface area contributed by atoms with Crippen LogP contribution >= 0.6 is 11.8 Å². The van der Waals surface area contributed by atoms with Crippen LogP contribution in [0.4, 0.5) is 0 Å². The number of carbonyl (C=O) groups excluding carboxylic acids is 7. The lowest BCUT2D eigenvalue weighted by molar-refractivity contribution is -0.144. The summed E-state index contributed by atoms with van der Waals surface area (Å²) in [7, 11) is 0. The molecule has 0 bridgehead atoms. The van der Waals surface area contributed by atoms with Crippen LogP contribution in [-0.2, 0) is 47.9 Å². The van der Waals surface area contributed by atoms with Crippen LogP contribution in [0.3, 0.4) is 0 Å². The van der Waals surface area contributed by atoms with Crippen LogP contribution in [0.15, 0.2) is 0 Å². The lowest BCUT2D eigenvalue weighted by Gasteiger charge is -2.33. The van der Waals surface area contributed by atoms with Gasteiger partial charge in [-0.3, -0.25) is 47.9 Å². The Morgan fingerprint density at radius 2 is 1.19 bits per heavy atom. The smallest absolute Gasteiger partial charge is 0.322 e. The Hall–Kier alpha value is -4.99. The zero-order chi connectivity index (χ0) is 43.9. The van der Waals surface area contributed by atoms with Crippen LogP contribution in [0.1, 0.15) is 79.1 Å². The molecule has 0 aromatic carbocycles. The average Bonchev–Trinajstić information content (AvgIpc) is 3.83. The van der Waals surface area contributed by atoms with Gasteiger partial charge < -0.3 is 57.4 Å². The number of carboxylic acids is 3. The number of rotatable bonds is 23. The number of nitrogens with two attached hydrogens (primary N) is 1. The first-order valence-electron chi connectivity index (χ1n) is 19.2. The van der Waals surface area contributed by atoms with E-state index in [-0.39, 0.29) is 44.7 Å². The molecular formula is C36H58N8O13S. The van der Waals surface area contributed by atoms with Gasteiger partial charge in [-0.05, 0) is 62.4 Å². The number of aliphatic carboxylic acids is 3. The highest BCUT2D eigenvalue weighted by molar-refractivity contribution is 7.98. The number of carbonyl (C=O) groups is 10. The fraction of sp³-hybridized carbons (Fsp3) is 0.722. The molecule has 10 N–H and O–H groups in total. The highest BCUT2D eigenvalue weighted by atomic mass is 32.2. The molecule has 7 atom stereocenters. The van der Waals surface area contributed by atoms with Crippen molar-refractivity contribution in [3.63, 3.8) is 0 Å². The van der Waals surface area contributed by atoms with Crippen LogP contribution in [0.2, 0.25) is 0 Å². The fourth-order valence-corrected chi connectivity index (χ4v) is 7.21. The lowest BCUT2D eigenvalue weighted by Crippen LogP contribution is -2.60. The number of thioether (sulfide) groups is 1. The summed E-state index contributed by atoms with van der Waals surface area (Å²) in [5, 5.41) is 39.6. The molecule has 2 heterocycles. The van der Waals surface area contributed by atoms with Crippen molar-refractivity contribution in [1.29, 1.82) is 0 Å². The maximum absolute atomic E-state index is 14.1. The summed E-state index contributed by atoms with van der Waals surface area (Å²) in [5.74, 6) is -9.50. The zero-order valence-corrected chi connectivity index (χ0v) is 34.3. The Morgan fingerprint density at radius 3 is 1.67 bits per heavy atom. The van der Waals surface area contributed by atoms with E-state index in [1.807, 2.05) is 19.2 Å². The van der Waals surface area contributed by atoms with Gasteiger partial charge in [-0.25, -0.2) is 0 Å². The van der Waals surface area contributed by atoms with Crippen molar-refractivity contribution in [3.8, 4) is 0 Å². The van der Waals surface area contributed by atoms with Gasteiger partial charge in [0.2, 0.25) is 41.4 Å². The maximum atomic E-state index is 14.1. The maximum Gasteiger partial charge on any atom is 0.322 e. The number of hydrogen-bond acceptors (Lipinski definition) is 12. The van der Waals surface area contributed by atoms with Crippen molar-refractivity contribution in [2.45, 2.75) is 121 Å². The molecule has 21 nitrogen and oxygen atoms in total. The number of likely N-dealkylation sites (tertiary alicyclic amines) is 2. The molecule has 326 valence electrons. The molecule has 58 heavy (non-hydrogen) atoms. The van der Waals surface area contributed by atoms with Gasteiger partial charge in [-0.1, -0.05) is 27.7 Å². The minimum atomic E-state index is -1.63. The Balaban J connectivity index is 2.24. The van der Waals surface area contributed by atoms with Gasteiger partial charge in [-0.2, -0.15) is 11.8 Å². The number of nitrogens with one attached hydrogen (secondary N) is 5. The number of nitrogens with zero attached hydrogens (tertiary/aromatic N) is 2. The summed E-state index contributed by atoms with van der Waals surface area (Å²) < 4.78 is 0. The molecule has 0 spiro atoms. The number of carboxylic acid groups (broad SMARTS) is 3. The third-order valence-electron chi connectivity index (χ3n) is 9.63. The van der Waals surface area contributed by atoms with Crippen LogP contribution in [0, 0.1) is 11.8 Å². The molecule has 7 amide bonds. The van der Waals surface area contributed by atoms with E-state index in [1.165, 1.54) is 21.6 Å². The Labute approximate surface area is 340 Å². The molecule has 0 aliphatic carbocycles. The van der Waals surface area contributed by atoms with E-state index < -0.39 is 127 Å². The van der Waals surface area contributed by atoms with Crippen LogP contribution in [0.25, 0.3) is 0 Å². The van der Waals surface area contributed by atoms with Gasteiger partial charge in [0, 0.05) is 13.1 Å². The lowest BCUT2D eigenvalue weighted by atomic mass is 9.99. The van der Waals surface area contributed by atoms with E-state index in [1.54, 1.807) is 20.1 Å². The van der Waals surface area contributed by atoms with Gasteiger partial charge in [0.15, 0.2) is 0 Å². The molecule has 0 radical (unpaired) electrons. The third-order valence-corrected chi connectivity index (χ3v) is 10.3. The quantitative estimate of drug-likeness (QED) is 0.0529. The van der Waals surface area contributed by atoms with E-state index in [9.17, 15) is 53.1 Å². The number of amides is 7. The highest BCUT2D eigenvalue weighted by Crippen LogP contribution is 2.23. The molecule has 2 aliphatic rings. The van der Waals surface area contributed by atoms with Gasteiger partial charge in [0.25, 0.3) is 0 Å². The molecule has 0 aromatic heterocycles. The zero-order valence-electron chi connectivity index (χ0n) is 33.5. The second-order valence-corrected chi connectivity index (χ2v) is 16.1. The average molecular weight is 843 g/mol. The first kappa shape index (κ1) is 49.2. The summed E-state index contributed by atoms with van der Waals surface area (Å²) in [4.78, 5) is 130. The second kappa shape index (κ2) is 23.4. The highest BCUT2D eigenvalue weighted by Gasteiger charge is 2.42. The minimum absolute atomic E-state index is 0.107. The fourth-order valence-electron chi connectivity index (χ4n) is 6.74. The molecule has 2 rings (SSSR count). The number of hydrogen-bond donors (Lipinski definition) is 9. The first-order valence-corrected chi connectivity index (χ1v) is 20.6. The van der Waals surface area contributed by atoms with Gasteiger partial charge in [0.1, 0.15) is 42.8 Å².